The van der Waals surface area contributed by atoms with E-state index in [9.17, 15) is 4.79 Å². The molecule has 5 rings (SSSR count). The molecular weight excluding hydrogens is 396 g/mol. The minimum Gasteiger partial charge on any atom is -0.356 e. The fourth-order valence-corrected chi connectivity index (χ4v) is 4.39. The number of nitrogens with zero attached hydrogens (tertiary/aromatic N) is 2. The molecule has 0 saturated heterocycles. The Balaban J connectivity index is 1.55. The number of aromatic amines is 1. The van der Waals surface area contributed by atoms with Crippen molar-refractivity contribution >= 4 is 34.2 Å². The highest BCUT2D eigenvalue weighted by molar-refractivity contribution is 6.31. The van der Waals surface area contributed by atoms with Gasteiger partial charge in [0.2, 0.25) is 0 Å². The Morgan fingerprint density at radius 2 is 2.07 bits per heavy atom. The number of halogens is 1. The molecule has 0 radical (unpaired) electrons. The van der Waals surface area contributed by atoms with Crippen LogP contribution in [-0.4, -0.2) is 27.4 Å². The number of carbonyl (C=O) groups is 1. The second kappa shape index (κ2) is 7.50. The molecule has 2 N–H and O–H groups in total. The van der Waals surface area contributed by atoms with Gasteiger partial charge < -0.3 is 15.2 Å². The number of nitrogens with one attached hydrogen (secondary N) is 2. The van der Waals surface area contributed by atoms with E-state index in [-0.39, 0.29) is 12.1 Å². The van der Waals surface area contributed by atoms with Crippen molar-refractivity contribution in [1.82, 2.24) is 14.9 Å². The number of anilines is 1. The first-order chi connectivity index (χ1) is 14.6. The van der Waals surface area contributed by atoms with E-state index in [0.717, 1.165) is 28.8 Å². The molecule has 0 saturated carbocycles. The summed E-state index contributed by atoms with van der Waals surface area (Å²) >= 11 is 6.24. The molecule has 1 aliphatic rings. The molecule has 6 heteroatoms. The predicted octanol–water partition coefficient (Wildman–Crippen LogP) is 5.70. The van der Waals surface area contributed by atoms with Gasteiger partial charge in [-0.3, -0.25) is 4.98 Å². The van der Waals surface area contributed by atoms with Crippen molar-refractivity contribution in [2.45, 2.75) is 19.4 Å². The SMILES string of the molecule is Cc1ccc(NC(=O)N2CCc3c([nH]c4ccccc34)[C@@H]2c2cccnc2)cc1Cl. The fraction of sp³-hybridized carbons (Fsp3) is 0.167. The Kier molecular flexibility index (Phi) is 4.68. The first-order valence-corrected chi connectivity index (χ1v) is 10.3. The third-order valence-electron chi connectivity index (χ3n) is 5.72. The molecule has 3 heterocycles. The van der Waals surface area contributed by atoms with Crippen LogP contribution < -0.4 is 5.32 Å². The third-order valence-corrected chi connectivity index (χ3v) is 6.13. The van der Waals surface area contributed by atoms with E-state index in [1.807, 2.05) is 48.4 Å². The summed E-state index contributed by atoms with van der Waals surface area (Å²) in [7, 11) is 0. The zero-order valence-corrected chi connectivity index (χ0v) is 17.3. The van der Waals surface area contributed by atoms with E-state index in [4.69, 9.17) is 11.6 Å². The maximum absolute atomic E-state index is 13.3. The van der Waals surface area contributed by atoms with Gasteiger partial charge in [-0.1, -0.05) is 41.9 Å². The number of aromatic nitrogens is 2. The van der Waals surface area contributed by atoms with E-state index < -0.39 is 0 Å². The van der Waals surface area contributed by atoms with Gasteiger partial charge in [-0.15, -0.1) is 0 Å². The Labute approximate surface area is 179 Å². The van der Waals surface area contributed by atoms with Gasteiger partial charge >= 0.3 is 6.03 Å². The Morgan fingerprint density at radius 3 is 2.87 bits per heavy atom. The number of para-hydroxylation sites is 1. The lowest BCUT2D eigenvalue weighted by Gasteiger charge is -2.36. The van der Waals surface area contributed by atoms with Crippen molar-refractivity contribution in [2.75, 3.05) is 11.9 Å². The molecule has 150 valence electrons. The van der Waals surface area contributed by atoms with Gasteiger partial charge in [0, 0.05) is 46.2 Å². The van der Waals surface area contributed by atoms with Gasteiger partial charge in [-0.2, -0.15) is 0 Å². The lowest BCUT2D eigenvalue weighted by molar-refractivity contribution is 0.193. The van der Waals surface area contributed by atoms with E-state index in [0.29, 0.717) is 17.3 Å². The zero-order valence-electron chi connectivity index (χ0n) is 16.5. The first kappa shape index (κ1) is 18.7. The lowest BCUT2D eigenvalue weighted by atomic mass is 9.93. The number of hydrogen-bond donors (Lipinski definition) is 2. The van der Waals surface area contributed by atoms with Gasteiger partial charge in [-0.05, 0) is 54.3 Å². The molecule has 0 spiro atoms. The molecule has 1 aliphatic heterocycles. The maximum atomic E-state index is 13.3. The van der Waals surface area contributed by atoms with Crippen LogP contribution in [0.1, 0.15) is 28.4 Å². The van der Waals surface area contributed by atoms with Gasteiger partial charge in [0.15, 0.2) is 0 Å². The van der Waals surface area contributed by atoms with Crippen molar-refractivity contribution < 1.29 is 4.79 Å². The van der Waals surface area contributed by atoms with Crippen LogP contribution in [0.5, 0.6) is 0 Å². The Hall–Kier alpha value is -3.31. The number of hydrogen-bond acceptors (Lipinski definition) is 2. The highest BCUT2D eigenvalue weighted by atomic mass is 35.5. The van der Waals surface area contributed by atoms with E-state index >= 15 is 0 Å². The van der Waals surface area contributed by atoms with E-state index in [1.165, 1.54) is 10.9 Å². The van der Waals surface area contributed by atoms with E-state index in [1.54, 1.807) is 12.3 Å². The van der Waals surface area contributed by atoms with Crippen LogP contribution in [0.25, 0.3) is 10.9 Å². The molecule has 0 aliphatic carbocycles. The molecule has 2 amide bonds. The molecule has 0 unspecified atom stereocenters. The van der Waals surface area contributed by atoms with Crippen LogP contribution in [0.2, 0.25) is 5.02 Å². The smallest absolute Gasteiger partial charge is 0.322 e. The van der Waals surface area contributed by atoms with Crippen LogP contribution in [0.15, 0.2) is 67.0 Å². The molecule has 2 aromatic carbocycles. The molecule has 5 nitrogen and oxygen atoms in total. The van der Waals surface area contributed by atoms with Crippen LogP contribution in [-0.2, 0) is 6.42 Å². The number of H-pyrrole nitrogens is 1. The number of pyridine rings is 1. The summed E-state index contributed by atoms with van der Waals surface area (Å²) in [6.45, 7) is 2.55. The second-order valence-electron chi connectivity index (χ2n) is 7.59. The van der Waals surface area contributed by atoms with Gasteiger partial charge in [0.1, 0.15) is 6.04 Å². The number of aryl methyl sites for hydroxylation is 1. The van der Waals surface area contributed by atoms with Gasteiger partial charge in [0.25, 0.3) is 0 Å². The molecule has 2 aromatic heterocycles. The quantitative estimate of drug-likeness (QED) is 0.440. The molecule has 0 bridgehead atoms. The average molecular weight is 417 g/mol. The lowest BCUT2D eigenvalue weighted by Crippen LogP contribution is -2.43. The van der Waals surface area contributed by atoms with Crippen molar-refractivity contribution in [1.29, 1.82) is 0 Å². The normalized spacial score (nSPS) is 15.8. The third kappa shape index (κ3) is 3.21. The number of benzene rings is 2. The first-order valence-electron chi connectivity index (χ1n) is 9.95. The van der Waals surface area contributed by atoms with Crippen LogP contribution in [0, 0.1) is 6.92 Å². The van der Waals surface area contributed by atoms with Crippen molar-refractivity contribution in [3.8, 4) is 0 Å². The highest BCUT2D eigenvalue weighted by Gasteiger charge is 2.34. The summed E-state index contributed by atoms with van der Waals surface area (Å²) in [6.07, 6.45) is 4.36. The van der Waals surface area contributed by atoms with Crippen LogP contribution >= 0.6 is 11.6 Å². The zero-order chi connectivity index (χ0) is 20.7. The number of carbonyl (C=O) groups excluding carboxylic acids is 1. The monoisotopic (exact) mass is 416 g/mol. The minimum absolute atomic E-state index is 0.159. The number of rotatable bonds is 2. The summed E-state index contributed by atoms with van der Waals surface area (Å²) in [4.78, 5) is 23.0. The van der Waals surface area contributed by atoms with Gasteiger partial charge in [-0.25, -0.2) is 4.79 Å². The average Bonchev–Trinajstić information content (AvgIpc) is 3.15. The Morgan fingerprint density at radius 1 is 1.20 bits per heavy atom. The predicted molar refractivity (Wildman–Crippen MR) is 120 cm³/mol. The van der Waals surface area contributed by atoms with Crippen LogP contribution in [0.3, 0.4) is 0 Å². The van der Waals surface area contributed by atoms with Crippen molar-refractivity contribution in [2.24, 2.45) is 0 Å². The van der Waals surface area contributed by atoms with Crippen molar-refractivity contribution in [3.63, 3.8) is 0 Å². The summed E-state index contributed by atoms with van der Waals surface area (Å²) in [5.41, 5.74) is 6.03. The summed E-state index contributed by atoms with van der Waals surface area (Å²) in [5, 5.41) is 4.86. The molecule has 0 fully saturated rings. The summed E-state index contributed by atoms with van der Waals surface area (Å²) in [5.74, 6) is 0. The highest BCUT2D eigenvalue weighted by Crippen LogP contribution is 2.38. The Bertz CT molecular complexity index is 1230. The molecule has 1 atom stereocenters. The molecule has 30 heavy (non-hydrogen) atoms. The standard InChI is InChI=1S/C24H21ClN4O/c1-15-8-9-17(13-20(15)25)27-24(30)29-12-10-19-18-6-2-3-7-21(18)28-22(19)23(29)16-5-4-11-26-14-16/h2-9,11,13-14,23,28H,10,12H2,1H3,(H,27,30)/t23-/m0/s1. The fourth-order valence-electron chi connectivity index (χ4n) is 4.21. The van der Waals surface area contributed by atoms with Crippen molar-refractivity contribution in [3.05, 3.63) is 94.4 Å². The largest absolute Gasteiger partial charge is 0.356 e. The number of urea groups is 1. The molecule has 4 aromatic rings. The molecular formula is C24H21ClN4O. The van der Waals surface area contributed by atoms with Gasteiger partial charge in [0.05, 0.1) is 0 Å². The minimum atomic E-state index is -0.240. The maximum Gasteiger partial charge on any atom is 0.322 e. The number of fused-ring (bicyclic) bond motifs is 3. The second-order valence-corrected chi connectivity index (χ2v) is 8.00. The topological polar surface area (TPSA) is 61.0 Å². The van der Waals surface area contributed by atoms with Crippen LogP contribution in [0.4, 0.5) is 10.5 Å². The summed E-state index contributed by atoms with van der Waals surface area (Å²) in [6, 6.07) is 17.4. The summed E-state index contributed by atoms with van der Waals surface area (Å²) < 4.78 is 0. The number of amides is 2. The van der Waals surface area contributed by atoms with E-state index in [2.05, 4.69) is 33.5 Å².